The SMILES string of the molecule is Cc1c(/C=C/c2cc(CNC(C)(CO)C(=O)O)ccc2C(F)(F)F)cccc1-c1ccc(Cl)cc1. The Kier molecular flexibility index (Phi) is 8.05. The van der Waals surface area contributed by atoms with Gasteiger partial charge < -0.3 is 10.2 Å². The molecule has 0 saturated carbocycles. The first kappa shape index (κ1) is 26.5. The molecule has 0 aliphatic carbocycles. The first-order valence-corrected chi connectivity index (χ1v) is 11.2. The third-order valence-electron chi connectivity index (χ3n) is 5.87. The van der Waals surface area contributed by atoms with Crippen molar-refractivity contribution in [2.75, 3.05) is 6.61 Å². The van der Waals surface area contributed by atoms with E-state index in [0.717, 1.165) is 28.3 Å². The number of carboxylic acids is 1. The molecule has 0 saturated heterocycles. The van der Waals surface area contributed by atoms with E-state index in [2.05, 4.69) is 5.32 Å². The maximum Gasteiger partial charge on any atom is 0.416 e. The standard InChI is InChI=1S/C27H25ClF3NO3/c1-17-19(4-3-5-23(17)20-9-11-22(28)12-10-20)7-8-21-14-18(6-13-24(21)27(29,30)31)15-32-26(2,16-33)25(34)35/h3-14,32-33H,15-16H2,1-2H3,(H,34,35)/b8-7+. The van der Waals surface area contributed by atoms with Crippen LogP contribution in [-0.4, -0.2) is 28.3 Å². The van der Waals surface area contributed by atoms with Crippen LogP contribution in [0.5, 0.6) is 0 Å². The van der Waals surface area contributed by atoms with Gasteiger partial charge in [0.15, 0.2) is 0 Å². The van der Waals surface area contributed by atoms with E-state index in [9.17, 15) is 28.2 Å². The second kappa shape index (κ2) is 10.6. The van der Waals surface area contributed by atoms with E-state index in [1.54, 1.807) is 18.2 Å². The zero-order valence-corrected chi connectivity index (χ0v) is 19.9. The van der Waals surface area contributed by atoms with Crippen LogP contribution in [-0.2, 0) is 17.5 Å². The van der Waals surface area contributed by atoms with Gasteiger partial charge in [0, 0.05) is 11.6 Å². The Balaban J connectivity index is 1.95. The van der Waals surface area contributed by atoms with Crippen LogP contribution in [0.15, 0.2) is 60.7 Å². The molecule has 0 aliphatic rings. The van der Waals surface area contributed by atoms with Gasteiger partial charge in [-0.3, -0.25) is 10.1 Å². The maximum absolute atomic E-state index is 13.7. The van der Waals surface area contributed by atoms with Crippen LogP contribution in [0.25, 0.3) is 23.3 Å². The number of halogens is 4. The predicted molar refractivity (Wildman–Crippen MR) is 132 cm³/mol. The summed E-state index contributed by atoms with van der Waals surface area (Å²) in [6.45, 7) is 2.50. The van der Waals surface area contributed by atoms with Crippen molar-refractivity contribution in [2.45, 2.75) is 32.1 Å². The summed E-state index contributed by atoms with van der Waals surface area (Å²) < 4.78 is 41.0. The third kappa shape index (κ3) is 6.31. The number of carboxylic acid groups (broad SMARTS) is 1. The van der Waals surface area contributed by atoms with Crippen LogP contribution in [0.3, 0.4) is 0 Å². The molecular formula is C27H25ClF3NO3. The van der Waals surface area contributed by atoms with Crippen molar-refractivity contribution >= 4 is 29.7 Å². The molecule has 0 aliphatic heterocycles. The van der Waals surface area contributed by atoms with E-state index in [4.69, 9.17) is 11.6 Å². The Morgan fingerprint density at radius 3 is 2.29 bits per heavy atom. The topological polar surface area (TPSA) is 69.6 Å². The Hall–Kier alpha value is -3.13. The number of carbonyl (C=O) groups is 1. The molecular weight excluding hydrogens is 479 g/mol. The number of benzene rings is 3. The van der Waals surface area contributed by atoms with Crippen LogP contribution in [0.1, 0.15) is 34.7 Å². The largest absolute Gasteiger partial charge is 0.480 e. The van der Waals surface area contributed by atoms with Gasteiger partial charge in [0.25, 0.3) is 0 Å². The highest BCUT2D eigenvalue weighted by Gasteiger charge is 2.34. The minimum atomic E-state index is -4.56. The molecule has 1 unspecified atom stereocenters. The molecule has 0 aromatic heterocycles. The van der Waals surface area contributed by atoms with E-state index in [-0.39, 0.29) is 12.1 Å². The van der Waals surface area contributed by atoms with Crippen LogP contribution in [0, 0.1) is 6.92 Å². The molecule has 3 aromatic carbocycles. The van der Waals surface area contributed by atoms with Gasteiger partial charge in [-0.05, 0) is 71.5 Å². The minimum Gasteiger partial charge on any atom is -0.480 e. The van der Waals surface area contributed by atoms with Crippen molar-refractivity contribution in [2.24, 2.45) is 0 Å². The Morgan fingerprint density at radius 1 is 1.03 bits per heavy atom. The van der Waals surface area contributed by atoms with Crippen molar-refractivity contribution in [3.63, 3.8) is 0 Å². The fourth-order valence-corrected chi connectivity index (χ4v) is 3.70. The van der Waals surface area contributed by atoms with Gasteiger partial charge in [-0.15, -0.1) is 0 Å². The molecule has 3 aromatic rings. The fourth-order valence-electron chi connectivity index (χ4n) is 3.57. The van der Waals surface area contributed by atoms with Crippen LogP contribution in [0.4, 0.5) is 13.2 Å². The van der Waals surface area contributed by atoms with Crippen LogP contribution >= 0.6 is 11.6 Å². The average Bonchev–Trinajstić information content (AvgIpc) is 2.81. The molecule has 3 rings (SSSR count). The van der Waals surface area contributed by atoms with Crippen molar-refractivity contribution < 1.29 is 28.2 Å². The molecule has 8 heteroatoms. The van der Waals surface area contributed by atoms with E-state index in [0.29, 0.717) is 10.6 Å². The summed E-state index contributed by atoms with van der Waals surface area (Å²) in [5.41, 5.74) is 1.53. The minimum absolute atomic E-state index is 0.0343. The van der Waals surface area contributed by atoms with Gasteiger partial charge in [0.05, 0.1) is 12.2 Å². The third-order valence-corrected chi connectivity index (χ3v) is 6.12. The Bertz CT molecular complexity index is 1240. The van der Waals surface area contributed by atoms with Gasteiger partial charge >= 0.3 is 12.1 Å². The monoisotopic (exact) mass is 503 g/mol. The van der Waals surface area contributed by atoms with Crippen molar-refractivity contribution in [3.05, 3.63) is 93.5 Å². The number of aliphatic carboxylic acids is 1. The van der Waals surface area contributed by atoms with Crippen molar-refractivity contribution in [3.8, 4) is 11.1 Å². The zero-order chi connectivity index (χ0) is 25.8. The fraction of sp³-hybridized carbons (Fsp3) is 0.222. The summed E-state index contributed by atoms with van der Waals surface area (Å²) >= 11 is 5.97. The lowest BCUT2D eigenvalue weighted by atomic mass is 9.95. The summed E-state index contributed by atoms with van der Waals surface area (Å²) in [5, 5.41) is 22.0. The Morgan fingerprint density at radius 2 is 1.69 bits per heavy atom. The van der Waals surface area contributed by atoms with Gasteiger partial charge in [0.2, 0.25) is 0 Å². The molecule has 184 valence electrons. The molecule has 0 radical (unpaired) electrons. The molecule has 0 bridgehead atoms. The second-order valence-electron chi connectivity index (χ2n) is 8.43. The van der Waals surface area contributed by atoms with Crippen molar-refractivity contribution in [1.82, 2.24) is 5.32 Å². The quantitative estimate of drug-likeness (QED) is 0.310. The van der Waals surface area contributed by atoms with E-state index in [1.807, 2.05) is 37.3 Å². The lowest BCUT2D eigenvalue weighted by molar-refractivity contribution is -0.146. The zero-order valence-electron chi connectivity index (χ0n) is 19.2. The molecule has 3 N–H and O–H groups in total. The first-order chi connectivity index (χ1) is 16.4. The molecule has 4 nitrogen and oxygen atoms in total. The van der Waals surface area contributed by atoms with Gasteiger partial charge in [-0.2, -0.15) is 13.2 Å². The van der Waals surface area contributed by atoms with Gasteiger partial charge in [-0.1, -0.05) is 60.2 Å². The van der Waals surface area contributed by atoms with Crippen LogP contribution in [0.2, 0.25) is 5.02 Å². The lowest BCUT2D eigenvalue weighted by Crippen LogP contribution is -2.52. The summed E-state index contributed by atoms with van der Waals surface area (Å²) in [6.07, 6.45) is -1.53. The maximum atomic E-state index is 13.7. The predicted octanol–water partition coefficient (Wildman–Crippen LogP) is 6.43. The highest BCUT2D eigenvalue weighted by atomic mass is 35.5. The molecule has 0 spiro atoms. The van der Waals surface area contributed by atoms with Crippen LogP contribution < -0.4 is 5.32 Å². The summed E-state index contributed by atoms with van der Waals surface area (Å²) in [7, 11) is 0. The molecule has 1 atom stereocenters. The van der Waals surface area contributed by atoms with Crippen molar-refractivity contribution in [1.29, 1.82) is 0 Å². The normalized spacial score (nSPS) is 13.7. The summed E-state index contributed by atoms with van der Waals surface area (Å²) in [6, 6.07) is 16.5. The Labute approximate surface area is 206 Å². The smallest absolute Gasteiger partial charge is 0.416 e. The summed E-state index contributed by atoms with van der Waals surface area (Å²) in [4.78, 5) is 11.4. The number of hydrogen-bond acceptors (Lipinski definition) is 3. The number of aliphatic hydroxyl groups excluding tert-OH is 1. The first-order valence-electron chi connectivity index (χ1n) is 10.8. The highest BCUT2D eigenvalue weighted by Crippen LogP contribution is 2.34. The van der Waals surface area contributed by atoms with E-state index < -0.39 is 29.9 Å². The van der Waals surface area contributed by atoms with Gasteiger partial charge in [0.1, 0.15) is 5.54 Å². The molecule has 0 fully saturated rings. The number of aliphatic hydroxyl groups is 1. The molecule has 0 amide bonds. The molecule has 35 heavy (non-hydrogen) atoms. The number of rotatable bonds is 8. The van der Waals surface area contributed by atoms with E-state index >= 15 is 0 Å². The average molecular weight is 504 g/mol. The highest BCUT2D eigenvalue weighted by molar-refractivity contribution is 6.30. The molecule has 0 heterocycles. The van der Waals surface area contributed by atoms with Gasteiger partial charge in [-0.25, -0.2) is 0 Å². The lowest BCUT2D eigenvalue weighted by Gasteiger charge is -2.24. The number of alkyl halides is 3. The summed E-state index contributed by atoms with van der Waals surface area (Å²) in [5.74, 6) is -1.26. The number of hydrogen-bond donors (Lipinski definition) is 3. The number of nitrogens with one attached hydrogen (secondary N) is 1. The van der Waals surface area contributed by atoms with E-state index in [1.165, 1.54) is 25.1 Å². The second-order valence-corrected chi connectivity index (χ2v) is 8.86.